The maximum Gasteiger partial charge on any atom is 0.239 e. The van der Waals surface area contributed by atoms with Gasteiger partial charge in [-0.1, -0.05) is 13.8 Å². The highest BCUT2D eigenvalue weighted by Gasteiger charge is 2.30. The summed E-state index contributed by atoms with van der Waals surface area (Å²) in [7, 11) is 2.19. The number of nitrogens with zero attached hydrogens (tertiary/aromatic N) is 3. The number of hydrogen-bond donors (Lipinski definition) is 1. The van der Waals surface area contributed by atoms with Crippen LogP contribution in [-0.4, -0.2) is 79.0 Å². The summed E-state index contributed by atoms with van der Waals surface area (Å²) in [5.74, 6) is 0.345. The minimum Gasteiger partial charge on any atom is -0.339 e. The van der Waals surface area contributed by atoms with Crippen LogP contribution in [0.4, 0.5) is 0 Å². The molecule has 1 atom stereocenters. The fourth-order valence-corrected chi connectivity index (χ4v) is 3.16. The van der Waals surface area contributed by atoms with Crippen LogP contribution in [-0.2, 0) is 4.79 Å². The summed E-state index contributed by atoms with van der Waals surface area (Å²) in [4.78, 5) is 19.2. The summed E-state index contributed by atoms with van der Waals surface area (Å²) in [5.41, 5.74) is 5.97. The molecule has 2 saturated heterocycles. The molecule has 2 fully saturated rings. The molecule has 2 aliphatic rings. The molecule has 0 aromatic carbocycles. The number of likely N-dealkylation sites (tertiary alicyclic amines) is 1. The van der Waals surface area contributed by atoms with Crippen LogP contribution >= 0.6 is 0 Å². The van der Waals surface area contributed by atoms with Gasteiger partial charge in [0.1, 0.15) is 0 Å². The van der Waals surface area contributed by atoms with Crippen LogP contribution in [0, 0.1) is 5.92 Å². The lowest BCUT2D eigenvalue weighted by Crippen LogP contribution is -2.57. The first-order valence-corrected chi connectivity index (χ1v) is 7.96. The highest BCUT2D eigenvalue weighted by atomic mass is 16.2. The van der Waals surface area contributed by atoms with Gasteiger partial charge in [-0.15, -0.1) is 0 Å². The number of carbonyl (C=O) groups excluding carboxylic acids is 1. The van der Waals surface area contributed by atoms with Crippen molar-refractivity contribution in [3.05, 3.63) is 0 Å². The smallest absolute Gasteiger partial charge is 0.239 e. The van der Waals surface area contributed by atoms with E-state index in [0.717, 1.165) is 26.2 Å². The molecule has 5 heteroatoms. The molecule has 2 N–H and O–H groups in total. The second kappa shape index (κ2) is 6.87. The van der Waals surface area contributed by atoms with Crippen LogP contribution in [0.3, 0.4) is 0 Å². The summed E-state index contributed by atoms with van der Waals surface area (Å²) >= 11 is 0. The topological polar surface area (TPSA) is 52.8 Å². The highest BCUT2D eigenvalue weighted by molar-refractivity contribution is 5.82. The average molecular weight is 282 g/mol. The van der Waals surface area contributed by atoms with Crippen LogP contribution in [0.1, 0.15) is 26.7 Å². The van der Waals surface area contributed by atoms with Crippen LogP contribution < -0.4 is 5.73 Å². The lowest BCUT2D eigenvalue weighted by Gasteiger charge is -2.42. The third kappa shape index (κ3) is 3.71. The van der Waals surface area contributed by atoms with Gasteiger partial charge < -0.3 is 15.5 Å². The predicted octanol–water partition coefficient (Wildman–Crippen LogP) is 0.208. The average Bonchev–Trinajstić information content (AvgIpc) is 2.46. The fourth-order valence-electron chi connectivity index (χ4n) is 3.16. The van der Waals surface area contributed by atoms with E-state index in [0.29, 0.717) is 6.04 Å². The summed E-state index contributed by atoms with van der Waals surface area (Å²) in [5, 5.41) is 0. The van der Waals surface area contributed by atoms with Crippen LogP contribution in [0.2, 0.25) is 0 Å². The van der Waals surface area contributed by atoms with Gasteiger partial charge in [-0.3, -0.25) is 9.69 Å². The van der Waals surface area contributed by atoms with Gasteiger partial charge in [0.05, 0.1) is 6.04 Å². The Balaban J connectivity index is 1.79. The first-order chi connectivity index (χ1) is 9.49. The molecule has 0 saturated carbocycles. The Bertz CT molecular complexity index is 318. The van der Waals surface area contributed by atoms with Gasteiger partial charge >= 0.3 is 0 Å². The molecule has 0 spiro atoms. The number of amides is 1. The molecule has 0 unspecified atom stereocenters. The van der Waals surface area contributed by atoms with Crippen LogP contribution in [0.25, 0.3) is 0 Å². The summed E-state index contributed by atoms with van der Waals surface area (Å²) < 4.78 is 0. The van der Waals surface area contributed by atoms with E-state index in [1.54, 1.807) is 0 Å². The largest absolute Gasteiger partial charge is 0.339 e. The van der Waals surface area contributed by atoms with Crippen molar-refractivity contribution in [3.63, 3.8) is 0 Å². The predicted molar refractivity (Wildman–Crippen MR) is 81.5 cm³/mol. The number of piperazine rings is 1. The maximum absolute atomic E-state index is 12.2. The number of nitrogens with two attached hydrogens (primary N) is 1. The first kappa shape index (κ1) is 15.7. The van der Waals surface area contributed by atoms with Gasteiger partial charge in [-0.05, 0) is 38.9 Å². The van der Waals surface area contributed by atoms with Gasteiger partial charge in [0, 0.05) is 32.2 Å². The summed E-state index contributed by atoms with van der Waals surface area (Å²) in [6.45, 7) is 10.1. The molecule has 20 heavy (non-hydrogen) atoms. The van der Waals surface area contributed by atoms with Gasteiger partial charge in [-0.25, -0.2) is 0 Å². The van der Waals surface area contributed by atoms with E-state index in [4.69, 9.17) is 5.73 Å². The Morgan fingerprint density at radius 1 is 1.05 bits per heavy atom. The molecule has 1 amide bonds. The summed E-state index contributed by atoms with van der Waals surface area (Å²) in [6, 6.07) is 0.368. The zero-order valence-electron chi connectivity index (χ0n) is 13.2. The molecule has 0 aliphatic carbocycles. The van der Waals surface area contributed by atoms with Gasteiger partial charge in [0.25, 0.3) is 0 Å². The monoisotopic (exact) mass is 282 g/mol. The molecule has 0 aromatic rings. The fraction of sp³-hybridized carbons (Fsp3) is 0.933. The normalized spacial score (nSPS) is 25.1. The lowest BCUT2D eigenvalue weighted by molar-refractivity contribution is -0.135. The quantitative estimate of drug-likeness (QED) is 0.804. The zero-order chi connectivity index (χ0) is 14.7. The first-order valence-electron chi connectivity index (χ1n) is 7.96. The number of carbonyl (C=O) groups is 1. The van der Waals surface area contributed by atoms with Crippen molar-refractivity contribution in [2.45, 2.75) is 38.8 Å². The Morgan fingerprint density at radius 2 is 1.60 bits per heavy atom. The van der Waals surface area contributed by atoms with E-state index in [1.165, 1.54) is 25.9 Å². The van der Waals surface area contributed by atoms with E-state index < -0.39 is 0 Å². The molecular formula is C15H30N4O. The summed E-state index contributed by atoms with van der Waals surface area (Å²) in [6.07, 6.45) is 2.52. The van der Waals surface area contributed by atoms with Crippen molar-refractivity contribution in [1.82, 2.24) is 14.7 Å². The van der Waals surface area contributed by atoms with Crippen LogP contribution in [0.5, 0.6) is 0 Å². The molecule has 0 bridgehead atoms. The SMILES string of the molecule is CC(C)[C@H](N)C(=O)N1CCN(C2CCN(C)CC2)CC1. The van der Waals surface area contributed by atoms with E-state index in [9.17, 15) is 4.79 Å². The molecule has 116 valence electrons. The lowest BCUT2D eigenvalue weighted by atomic mass is 10.0. The second-order valence-electron chi connectivity index (χ2n) is 6.67. The molecule has 5 nitrogen and oxygen atoms in total. The van der Waals surface area contributed by atoms with Crippen LogP contribution in [0.15, 0.2) is 0 Å². The van der Waals surface area contributed by atoms with Crippen molar-refractivity contribution in [2.75, 3.05) is 46.3 Å². The van der Waals surface area contributed by atoms with Crippen molar-refractivity contribution in [2.24, 2.45) is 11.7 Å². The highest BCUT2D eigenvalue weighted by Crippen LogP contribution is 2.18. The van der Waals surface area contributed by atoms with E-state index in [2.05, 4.69) is 16.8 Å². The molecule has 2 rings (SSSR count). The van der Waals surface area contributed by atoms with Gasteiger partial charge in [-0.2, -0.15) is 0 Å². The number of hydrogen-bond acceptors (Lipinski definition) is 4. The maximum atomic E-state index is 12.2. The zero-order valence-corrected chi connectivity index (χ0v) is 13.2. The van der Waals surface area contributed by atoms with Gasteiger partial charge in [0.15, 0.2) is 0 Å². The van der Waals surface area contributed by atoms with E-state index in [1.807, 2.05) is 18.7 Å². The number of rotatable bonds is 3. The molecule has 0 aromatic heterocycles. The van der Waals surface area contributed by atoms with Gasteiger partial charge in [0.2, 0.25) is 5.91 Å². The third-order valence-corrected chi connectivity index (χ3v) is 4.83. The Kier molecular flexibility index (Phi) is 5.41. The van der Waals surface area contributed by atoms with Crippen molar-refractivity contribution >= 4 is 5.91 Å². The Morgan fingerprint density at radius 3 is 2.10 bits per heavy atom. The Hall–Kier alpha value is -0.650. The molecule has 2 aliphatic heterocycles. The van der Waals surface area contributed by atoms with Crippen molar-refractivity contribution in [3.8, 4) is 0 Å². The molecule has 0 radical (unpaired) electrons. The number of piperidine rings is 1. The van der Waals surface area contributed by atoms with E-state index in [-0.39, 0.29) is 17.9 Å². The minimum absolute atomic E-state index is 0.128. The minimum atomic E-state index is -0.343. The third-order valence-electron chi connectivity index (χ3n) is 4.83. The second-order valence-corrected chi connectivity index (χ2v) is 6.67. The standard InChI is InChI=1S/C15H30N4O/c1-12(2)14(16)15(20)19-10-8-18(9-11-19)13-4-6-17(3)7-5-13/h12-14H,4-11,16H2,1-3H3/t14-/m0/s1. The van der Waals surface area contributed by atoms with E-state index >= 15 is 0 Å². The van der Waals surface area contributed by atoms with Crippen molar-refractivity contribution in [1.29, 1.82) is 0 Å². The Labute approximate surface area is 123 Å². The van der Waals surface area contributed by atoms with Crippen molar-refractivity contribution < 1.29 is 4.79 Å². The molecular weight excluding hydrogens is 252 g/mol. The molecule has 2 heterocycles.